The molecule has 0 bridgehead atoms. The summed E-state index contributed by atoms with van der Waals surface area (Å²) >= 11 is 6.06. The molecule has 1 N–H and O–H groups in total. The van der Waals surface area contributed by atoms with Crippen molar-refractivity contribution in [3.05, 3.63) is 53.3 Å². The molecule has 0 aliphatic heterocycles. The van der Waals surface area contributed by atoms with Gasteiger partial charge < -0.3 is 14.8 Å². The van der Waals surface area contributed by atoms with E-state index in [1.807, 2.05) is 0 Å². The van der Waals surface area contributed by atoms with Crippen LogP contribution < -0.4 is 14.8 Å². The second-order valence-corrected chi connectivity index (χ2v) is 5.89. The summed E-state index contributed by atoms with van der Waals surface area (Å²) in [6, 6.07) is 8.57. The second kappa shape index (κ2) is 9.15. The molecule has 0 radical (unpaired) electrons. The Balaban J connectivity index is 0.00000300. The van der Waals surface area contributed by atoms with Gasteiger partial charge in [-0.2, -0.15) is 13.2 Å². The summed E-state index contributed by atoms with van der Waals surface area (Å²) in [4.78, 5) is 11.8. The molecule has 6 nitrogen and oxygen atoms in total. The normalized spacial score (nSPS) is 10.8. The third-order valence-electron chi connectivity index (χ3n) is 3.65. The average molecular weight is 447 g/mol. The number of halogens is 5. The third-order valence-corrected chi connectivity index (χ3v) is 3.94. The van der Waals surface area contributed by atoms with Crippen LogP contribution in [0.25, 0.3) is 11.5 Å². The van der Waals surface area contributed by atoms with Gasteiger partial charge in [-0.15, -0.1) is 12.4 Å². The van der Waals surface area contributed by atoms with Gasteiger partial charge in [-0.25, -0.2) is 9.97 Å². The van der Waals surface area contributed by atoms with Crippen LogP contribution in [0.2, 0.25) is 5.02 Å². The second-order valence-electron chi connectivity index (χ2n) is 5.49. The Morgan fingerprint density at radius 3 is 2.31 bits per heavy atom. The molecule has 2 heterocycles. The fourth-order valence-corrected chi connectivity index (χ4v) is 2.59. The van der Waals surface area contributed by atoms with Gasteiger partial charge in [-0.1, -0.05) is 17.7 Å². The molecule has 3 rings (SSSR count). The highest BCUT2D eigenvalue weighted by Gasteiger charge is 2.34. The van der Waals surface area contributed by atoms with E-state index >= 15 is 0 Å². The largest absolute Gasteiger partial charge is 0.495 e. The number of rotatable bonds is 5. The van der Waals surface area contributed by atoms with Crippen molar-refractivity contribution in [1.29, 1.82) is 0 Å². The first-order valence-corrected chi connectivity index (χ1v) is 8.26. The van der Waals surface area contributed by atoms with Gasteiger partial charge in [0.2, 0.25) is 0 Å². The van der Waals surface area contributed by atoms with E-state index in [9.17, 15) is 13.2 Å². The van der Waals surface area contributed by atoms with E-state index < -0.39 is 11.9 Å². The number of anilines is 2. The predicted molar refractivity (Wildman–Crippen MR) is 105 cm³/mol. The molecule has 11 heteroatoms. The van der Waals surface area contributed by atoms with Crippen molar-refractivity contribution in [2.75, 3.05) is 19.5 Å². The Morgan fingerprint density at radius 2 is 1.72 bits per heavy atom. The first-order chi connectivity index (χ1) is 13.3. The maximum atomic E-state index is 13.3. The summed E-state index contributed by atoms with van der Waals surface area (Å²) in [6.45, 7) is 0. The van der Waals surface area contributed by atoms with Crippen LogP contribution in [-0.2, 0) is 6.18 Å². The quantitative estimate of drug-likeness (QED) is 0.566. The van der Waals surface area contributed by atoms with Crippen molar-refractivity contribution in [3.63, 3.8) is 0 Å². The topological polar surface area (TPSA) is 69.2 Å². The standard InChI is InChI=1S/C18H14ClF3N4O2.ClH/c1-27-13-8-12(14(28-2)7-10(13)19)24-16-9-15(18(20,21)22)25-17(26-16)11-5-3-4-6-23-11;/h3-9H,1-2H3,(H,24,25,26);1H. The van der Waals surface area contributed by atoms with Gasteiger partial charge in [-0.3, -0.25) is 4.98 Å². The molecule has 0 fully saturated rings. The lowest BCUT2D eigenvalue weighted by Gasteiger charge is -2.15. The van der Waals surface area contributed by atoms with E-state index in [0.717, 1.165) is 6.07 Å². The van der Waals surface area contributed by atoms with Gasteiger partial charge in [0.25, 0.3) is 0 Å². The number of hydrogen-bond donors (Lipinski definition) is 1. The number of nitrogens with one attached hydrogen (secondary N) is 1. The van der Waals surface area contributed by atoms with Gasteiger partial charge >= 0.3 is 6.18 Å². The number of hydrogen-bond acceptors (Lipinski definition) is 6. The number of benzene rings is 1. The van der Waals surface area contributed by atoms with Gasteiger partial charge in [0.1, 0.15) is 23.0 Å². The molecule has 2 aromatic heterocycles. The highest BCUT2D eigenvalue weighted by Crippen LogP contribution is 2.38. The zero-order valence-electron chi connectivity index (χ0n) is 15.1. The molecule has 0 saturated carbocycles. The number of nitrogens with zero attached hydrogens (tertiary/aromatic N) is 3. The van der Waals surface area contributed by atoms with E-state index in [0.29, 0.717) is 17.2 Å². The van der Waals surface area contributed by atoms with Gasteiger partial charge in [0, 0.05) is 24.4 Å². The van der Waals surface area contributed by atoms with E-state index in [1.165, 1.54) is 38.6 Å². The summed E-state index contributed by atoms with van der Waals surface area (Å²) in [5.74, 6) is 0.362. The summed E-state index contributed by atoms with van der Waals surface area (Å²) in [6.07, 6.45) is -3.22. The molecule has 0 aliphatic rings. The highest BCUT2D eigenvalue weighted by molar-refractivity contribution is 6.32. The first kappa shape index (κ1) is 22.5. The van der Waals surface area contributed by atoms with Crippen LogP contribution >= 0.6 is 24.0 Å². The van der Waals surface area contributed by atoms with Crippen molar-refractivity contribution in [2.45, 2.75) is 6.18 Å². The van der Waals surface area contributed by atoms with E-state index in [-0.39, 0.29) is 34.8 Å². The molecule has 0 aliphatic carbocycles. The molecule has 29 heavy (non-hydrogen) atoms. The first-order valence-electron chi connectivity index (χ1n) is 7.88. The van der Waals surface area contributed by atoms with Crippen molar-refractivity contribution in [3.8, 4) is 23.0 Å². The van der Waals surface area contributed by atoms with Crippen LogP contribution in [0.3, 0.4) is 0 Å². The Labute approximate surface area is 175 Å². The molecule has 0 atom stereocenters. The molecule has 0 amide bonds. The Kier molecular flexibility index (Phi) is 7.10. The minimum absolute atomic E-state index is 0. The zero-order chi connectivity index (χ0) is 20.3. The SMILES string of the molecule is COc1cc(Nc2cc(C(F)(F)F)nc(-c3ccccn3)n2)c(OC)cc1Cl.Cl. The van der Waals surface area contributed by atoms with Crippen LogP contribution in [-0.4, -0.2) is 29.2 Å². The lowest BCUT2D eigenvalue weighted by molar-refractivity contribution is -0.141. The smallest absolute Gasteiger partial charge is 0.433 e. The van der Waals surface area contributed by atoms with E-state index in [4.69, 9.17) is 21.1 Å². The monoisotopic (exact) mass is 446 g/mol. The highest BCUT2D eigenvalue weighted by atomic mass is 35.5. The lowest BCUT2D eigenvalue weighted by Crippen LogP contribution is -2.11. The molecular formula is C18H15Cl2F3N4O2. The molecule has 3 aromatic rings. The minimum atomic E-state index is -4.66. The zero-order valence-corrected chi connectivity index (χ0v) is 16.7. The number of ether oxygens (including phenoxy) is 2. The number of aromatic nitrogens is 3. The van der Waals surface area contributed by atoms with Crippen LogP contribution in [0.4, 0.5) is 24.7 Å². The molecule has 154 valence electrons. The Bertz CT molecular complexity index is 989. The van der Waals surface area contributed by atoms with Crippen molar-refractivity contribution >= 4 is 35.5 Å². The fourth-order valence-electron chi connectivity index (χ4n) is 2.36. The van der Waals surface area contributed by atoms with Crippen molar-refractivity contribution in [2.24, 2.45) is 0 Å². The van der Waals surface area contributed by atoms with Crippen molar-refractivity contribution < 1.29 is 22.6 Å². The molecular weight excluding hydrogens is 432 g/mol. The van der Waals surface area contributed by atoms with Gasteiger partial charge in [0.05, 0.1) is 24.9 Å². The summed E-state index contributed by atoms with van der Waals surface area (Å²) in [7, 11) is 2.83. The summed E-state index contributed by atoms with van der Waals surface area (Å²) in [5.41, 5.74) is -0.578. The minimum Gasteiger partial charge on any atom is -0.495 e. The van der Waals surface area contributed by atoms with E-state index in [1.54, 1.807) is 12.1 Å². The maximum Gasteiger partial charge on any atom is 0.433 e. The van der Waals surface area contributed by atoms with Crippen LogP contribution in [0, 0.1) is 0 Å². The van der Waals surface area contributed by atoms with Crippen LogP contribution in [0.1, 0.15) is 5.69 Å². The van der Waals surface area contributed by atoms with Crippen LogP contribution in [0.5, 0.6) is 11.5 Å². The number of alkyl halides is 3. The average Bonchev–Trinajstić information content (AvgIpc) is 2.68. The summed E-state index contributed by atoms with van der Waals surface area (Å²) in [5, 5.41) is 3.10. The Morgan fingerprint density at radius 1 is 1.00 bits per heavy atom. The van der Waals surface area contributed by atoms with E-state index in [2.05, 4.69) is 20.3 Å². The summed E-state index contributed by atoms with van der Waals surface area (Å²) < 4.78 is 50.3. The molecule has 0 spiro atoms. The Hall–Kier alpha value is -2.78. The van der Waals surface area contributed by atoms with Crippen LogP contribution in [0.15, 0.2) is 42.6 Å². The van der Waals surface area contributed by atoms with Gasteiger partial charge in [-0.05, 0) is 12.1 Å². The number of methoxy groups -OCH3 is 2. The number of pyridine rings is 1. The maximum absolute atomic E-state index is 13.3. The fraction of sp³-hybridized carbons (Fsp3) is 0.167. The molecule has 1 aromatic carbocycles. The lowest BCUT2D eigenvalue weighted by atomic mass is 10.2. The molecule has 0 unspecified atom stereocenters. The molecule has 0 saturated heterocycles. The third kappa shape index (κ3) is 5.18. The van der Waals surface area contributed by atoms with Gasteiger partial charge in [0.15, 0.2) is 11.5 Å². The predicted octanol–water partition coefficient (Wildman–Crippen LogP) is 5.39. The van der Waals surface area contributed by atoms with Crippen molar-refractivity contribution in [1.82, 2.24) is 15.0 Å².